The average Bonchev–Trinajstić information content (AvgIpc) is 2.94. The van der Waals surface area contributed by atoms with Crippen LogP contribution in [0.25, 0.3) is 6.08 Å². The molecule has 116 valence electrons. The topological polar surface area (TPSA) is 63.4 Å². The maximum Gasteiger partial charge on any atom is 0.236 e. The second-order valence-corrected chi connectivity index (χ2v) is 7.72. The largest absolute Gasteiger partial charge is 0.330 e. The number of benzene rings is 1. The summed E-state index contributed by atoms with van der Waals surface area (Å²) in [5.74, 6) is 0.258. The number of sulfonamides is 1. The molecule has 0 spiro atoms. The minimum atomic E-state index is -3.43. The molecule has 4 nitrogen and oxygen atoms in total. The van der Waals surface area contributed by atoms with E-state index in [9.17, 15) is 8.42 Å². The molecule has 2 N–H and O–H groups in total. The number of rotatable bonds is 5. The summed E-state index contributed by atoms with van der Waals surface area (Å²) >= 11 is 5.81. The molecule has 0 aromatic heterocycles. The zero-order chi connectivity index (χ0) is 15.5. The van der Waals surface area contributed by atoms with Gasteiger partial charge >= 0.3 is 0 Å². The van der Waals surface area contributed by atoms with Crippen molar-refractivity contribution in [2.75, 3.05) is 13.6 Å². The van der Waals surface area contributed by atoms with Gasteiger partial charge < -0.3 is 5.73 Å². The smallest absolute Gasteiger partial charge is 0.236 e. The van der Waals surface area contributed by atoms with Gasteiger partial charge in [0.05, 0.1) is 0 Å². The van der Waals surface area contributed by atoms with Crippen LogP contribution in [-0.2, 0) is 10.0 Å². The molecule has 21 heavy (non-hydrogen) atoms. The summed E-state index contributed by atoms with van der Waals surface area (Å²) in [5, 5.41) is 1.88. The lowest BCUT2D eigenvalue weighted by molar-refractivity contribution is 0.307. The first-order chi connectivity index (χ1) is 9.94. The molecule has 0 radical (unpaired) electrons. The maximum absolute atomic E-state index is 12.4. The molecule has 0 heterocycles. The molecule has 0 bridgehead atoms. The van der Waals surface area contributed by atoms with Gasteiger partial charge in [-0.3, -0.25) is 0 Å². The van der Waals surface area contributed by atoms with Crippen molar-refractivity contribution in [3.05, 3.63) is 40.3 Å². The third-order valence-electron chi connectivity index (χ3n) is 4.09. The summed E-state index contributed by atoms with van der Waals surface area (Å²) in [5.41, 5.74) is 6.54. The first kappa shape index (κ1) is 16.5. The van der Waals surface area contributed by atoms with E-state index in [-0.39, 0.29) is 12.0 Å². The molecule has 1 fully saturated rings. The second-order valence-electron chi connectivity index (χ2n) is 5.41. The summed E-state index contributed by atoms with van der Waals surface area (Å²) in [6, 6.07) is 7.05. The Morgan fingerprint density at radius 1 is 1.33 bits per heavy atom. The number of hydrogen-bond donors (Lipinski definition) is 1. The first-order valence-electron chi connectivity index (χ1n) is 7.06. The molecular weight excluding hydrogens is 308 g/mol. The van der Waals surface area contributed by atoms with E-state index in [1.165, 1.54) is 9.71 Å². The molecule has 1 aliphatic carbocycles. The van der Waals surface area contributed by atoms with Crippen LogP contribution in [0.3, 0.4) is 0 Å². The van der Waals surface area contributed by atoms with Crippen LogP contribution in [0.15, 0.2) is 29.7 Å². The van der Waals surface area contributed by atoms with Crippen molar-refractivity contribution in [1.82, 2.24) is 4.31 Å². The van der Waals surface area contributed by atoms with Gasteiger partial charge in [-0.2, -0.15) is 4.31 Å². The van der Waals surface area contributed by atoms with Gasteiger partial charge in [0.1, 0.15) is 0 Å². The van der Waals surface area contributed by atoms with Crippen molar-refractivity contribution in [2.24, 2.45) is 11.7 Å². The van der Waals surface area contributed by atoms with Gasteiger partial charge in [0, 0.05) is 23.5 Å². The highest BCUT2D eigenvalue weighted by atomic mass is 35.5. The second kappa shape index (κ2) is 6.92. The van der Waals surface area contributed by atoms with Gasteiger partial charge in [-0.25, -0.2) is 8.42 Å². The van der Waals surface area contributed by atoms with Gasteiger partial charge in [-0.05, 0) is 49.1 Å². The molecule has 2 atom stereocenters. The van der Waals surface area contributed by atoms with Crippen molar-refractivity contribution >= 4 is 27.7 Å². The van der Waals surface area contributed by atoms with Gasteiger partial charge in [-0.1, -0.05) is 30.2 Å². The Morgan fingerprint density at radius 3 is 2.62 bits per heavy atom. The lowest BCUT2D eigenvalue weighted by Gasteiger charge is -2.27. The molecule has 0 saturated heterocycles. The van der Waals surface area contributed by atoms with Crippen LogP contribution in [0.2, 0.25) is 5.02 Å². The van der Waals surface area contributed by atoms with Crippen LogP contribution >= 0.6 is 11.6 Å². The quantitative estimate of drug-likeness (QED) is 0.903. The fourth-order valence-corrected chi connectivity index (χ4v) is 4.10. The van der Waals surface area contributed by atoms with Crippen molar-refractivity contribution in [1.29, 1.82) is 0 Å². The molecular formula is C15H21ClN2O2S. The van der Waals surface area contributed by atoms with Crippen LogP contribution in [0, 0.1) is 5.92 Å². The molecule has 0 aliphatic heterocycles. The summed E-state index contributed by atoms with van der Waals surface area (Å²) < 4.78 is 26.2. The molecule has 6 heteroatoms. The molecule has 1 saturated carbocycles. The number of hydrogen-bond acceptors (Lipinski definition) is 3. The zero-order valence-electron chi connectivity index (χ0n) is 12.1. The van der Waals surface area contributed by atoms with E-state index in [0.29, 0.717) is 11.6 Å². The minimum absolute atomic E-state index is 0.00914. The van der Waals surface area contributed by atoms with E-state index in [2.05, 4.69) is 0 Å². The maximum atomic E-state index is 12.4. The Balaban J connectivity index is 2.12. The summed E-state index contributed by atoms with van der Waals surface area (Å²) in [4.78, 5) is 0. The van der Waals surface area contributed by atoms with Crippen LogP contribution in [-0.4, -0.2) is 32.4 Å². The molecule has 2 rings (SSSR count). The Hall–Kier alpha value is -0.880. The number of nitrogens with two attached hydrogens (primary N) is 1. The van der Waals surface area contributed by atoms with Crippen LogP contribution in [0.1, 0.15) is 24.8 Å². The monoisotopic (exact) mass is 328 g/mol. The molecule has 1 aliphatic rings. The van der Waals surface area contributed by atoms with Gasteiger partial charge in [0.2, 0.25) is 10.0 Å². The normalized spacial score (nSPS) is 23.2. The van der Waals surface area contributed by atoms with E-state index < -0.39 is 10.0 Å². The molecule has 1 aromatic rings. The lowest BCUT2D eigenvalue weighted by atomic mass is 10.0. The fraction of sp³-hybridized carbons (Fsp3) is 0.467. The molecule has 1 aromatic carbocycles. The van der Waals surface area contributed by atoms with Crippen molar-refractivity contribution in [3.8, 4) is 0 Å². The van der Waals surface area contributed by atoms with Gasteiger partial charge in [-0.15, -0.1) is 0 Å². The highest BCUT2D eigenvalue weighted by Gasteiger charge is 2.34. The molecule has 0 amide bonds. The summed E-state index contributed by atoms with van der Waals surface area (Å²) in [6.07, 6.45) is 4.51. The number of halogens is 1. The summed E-state index contributed by atoms with van der Waals surface area (Å²) in [7, 11) is -1.79. The van der Waals surface area contributed by atoms with Crippen molar-refractivity contribution in [2.45, 2.75) is 25.3 Å². The van der Waals surface area contributed by atoms with E-state index in [1.54, 1.807) is 37.4 Å². The Labute approximate surface area is 131 Å². The number of nitrogens with zero attached hydrogens (tertiary/aromatic N) is 1. The van der Waals surface area contributed by atoms with E-state index in [0.717, 1.165) is 24.8 Å². The average molecular weight is 329 g/mol. The highest BCUT2D eigenvalue weighted by Crippen LogP contribution is 2.30. The van der Waals surface area contributed by atoms with Crippen molar-refractivity contribution in [3.63, 3.8) is 0 Å². The van der Waals surface area contributed by atoms with E-state index >= 15 is 0 Å². The fourth-order valence-electron chi connectivity index (χ4n) is 2.79. The van der Waals surface area contributed by atoms with Crippen LogP contribution in [0.5, 0.6) is 0 Å². The minimum Gasteiger partial charge on any atom is -0.330 e. The van der Waals surface area contributed by atoms with E-state index in [4.69, 9.17) is 17.3 Å². The molecule has 2 unspecified atom stereocenters. The highest BCUT2D eigenvalue weighted by molar-refractivity contribution is 7.92. The zero-order valence-corrected chi connectivity index (χ0v) is 13.6. The Bertz CT molecular complexity index is 599. The first-order valence-corrected chi connectivity index (χ1v) is 8.94. The predicted octanol–water partition coefficient (Wildman–Crippen LogP) is 2.70. The van der Waals surface area contributed by atoms with Crippen molar-refractivity contribution < 1.29 is 8.42 Å². The van der Waals surface area contributed by atoms with Gasteiger partial charge in [0.15, 0.2) is 0 Å². The Morgan fingerprint density at radius 2 is 2.00 bits per heavy atom. The third-order valence-corrected chi connectivity index (χ3v) is 5.90. The van der Waals surface area contributed by atoms with Crippen LogP contribution < -0.4 is 5.73 Å². The Kier molecular flexibility index (Phi) is 5.43. The SMILES string of the molecule is CN(C1CCCC1CN)S(=O)(=O)C=Cc1ccc(Cl)cc1. The predicted molar refractivity (Wildman–Crippen MR) is 87.4 cm³/mol. The summed E-state index contributed by atoms with van der Waals surface area (Å²) in [6.45, 7) is 0.533. The van der Waals surface area contributed by atoms with Gasteiger partial charge in [0.25, 0.3) is 0 Å². The standard InChI is InChI=1S/C15H21ClN2O2S/c1-18(15-4-2-3-13(15)11-17)21(19,20)10-9-12-5-7-14(16)8-6-12/h5-10,13,15H,2-4,11,17H2,1H3. The van der Waals surface area contributed by atoms with Crippen LogP contribution in [0.4, 0.5) is 0 Å². The van der Waals surface area contributed by atoms with E-state index in [1.807, 2.05) is 0 Å². The third kappa shape index (κ3) is 4.07. The lowest BCUT2D eigenvalue weighted by Crippen LogP contribution is -2.40.